The first-order valence-electron chi connectivity index (χ1n) is 3.49. The summed E-state index contributed by atoms with van der Waals surface area (Å²) in [6.07, 6.45) is 10.0. The number of aliphatic imine (C=N–C) groups is 1. The molecule has 62 valence electrons. The van der Waals surface area contributed by atoms with Crippen molar-refractivity contribution in [3.05, 3.63) is 36.1 Å². The van der Waals surface area contributed by atoms with Crippen LogP contribution in [0.1, 0.15) is 0 Å². The Morgan fingerprint density at radius 3 is 3.00 bits per heavy atom. The Hall–Kier alpha value is -1.64. The van der Waals surface area contributed by atoms with Gasteiger partial charge in [-0.15, -0.1) is 0 Å². The third kappa shape index (κ3) is 2.20. The van der Waals surface area contributed by atoms with Crippen molar-refractivity contribution in [2.24, 2.45) is 4.99 Å². The van der Waals surface area contributed by atoms with Crippen LogP contribution in [-0.4, -0.2) is 19.3 Å². The molecule has 1 aliphatic rings. The summed E-state index contributed by atoms with van der Waals surface area (Å²) in [4.78, 5) is 14.8. The van der Waals surface area contributed by atoms with Gasteiger partial charge in [-0.05, 0) is 12.2 Å². The van der Waals surface area contributed by atoms with E-state index in [0.717, 1.165) is 0 Å². The molecule has 12 heavy (non-hydrogen) atoms. The van der Waals surface area contributed by atoms with E-state index in [0.29, 0.717) is 5.57 Å². The zero-order valence-electron chi connectivity index (χ0n) is 6.73. The normalized spacial score (nSPS) is 27.2. The highest BCUT2D eigenvalue weighted by Gasteiger charge is 2.04. The molecule has 0 spiro atoms. The fraction of sp³-hybridized carbons (Fsp3) is 0.111. The van der Waals surface area contributed by atoms with E-state index in [2.05, 4.69) is 9.73 Å². The van der Waals surface area contributed by atoms with Crippen LogP contribution in [-0.2, 0) is 9.53 Å². The van der Waals surface area contributed by atoms with Gasteiger partial charge >= 0.3 is 5.97 Å². The van der Waals surface area contributed by atoms with Crippen molar-refractivity contribution in [2.45, 2.75) is 0 Å². The number of carbonyl (C=O) groups excluding carboxylic acids is 1. The fourth-order valence-corrected chi connectivity index (χ4v) is 0.728. The van der Waals surface area contributed by atoms with E-state index in [4.69, 9.17) is 0 Å². The Morgan fingerprint density at radius 1 is 1.42 bits per heavy atom. The molecule has 0 fully saturated rings. The molecule has 0 radical (unpaired) electrons. The first kappa shape index (κ1) is 8.46. The molecule has 0 bridgehead atoms. The van der Waals surface area contributed by atoms with Crippen molar-refractivity contribution < 1.29 is 9.53 Å². The molecular weight excluding hydrogens is 154 g/mol. The third-order valence-corrected chi connectivity index (χ3v) is 1.30. The zero-order valence-corrected chi connectivity index (χ0v) is 6.73. The van der Waals surface area contributed by atoms with E-state index in [-0.39, 0.29) is 5.97 Å². The summed E-state index contributed by atoms with van der Waals surface area (Å²) in [5, 5.41) is 0. The van der Waals surface area contributed by atoms with Gasteiger partial charge < -0.3 is 4.74 Å². The standard InChI is InChI=1S/C9H9NO2/c1-12-9(11)8-5-3-2-4-6-10-7-8/h2-7H,1H3/b3-2-,4-2?,5-3?,6-4-,8-5+,8-7?,10-6?,10-7-. The van der Waals surface area contributed by atoms with Gasteiger partial charge in [0, 0.05) is 12.4 Å². The minimum atomic E-state index is -0.376. The summed E-state index contributed by atoms with van der Waals surface area (Å²) in [7, 11) is 1.34. The maximum atomic E-state index is 11.0. The molecule has 0 unspecified atom stereocenters. The number of ether oxygens (including phenoxy) is 1. The largest absolute Gasteiger partial charge is 0.465 e. The molecule has 0 aromatic carbocycles. The fourth-order valence-electron chi connectivity index (χ4n) is 0.728. The molecule has 0 atom stereocenters. The first-order valence-corrected chi connectivity index (χ1v) is 3.49. The lowest BCUT2D eigenvalue weighted by Crippen LogP contribution is -2.05. The number of carbonyl (C=O) groups is 1. The summed E-state index contributed by atoms with van der Waals surface area (Å²) in [5.74, 6) is -0.376. The van der Waals surface area contributed by atoms with Crippen molar-refractivity contribution in [3.8, 4) is 0 Å². The van der Waals surface area contributed by atoms with E-state index in [1.807, 2.05) is 0 Å². The molecular formula is C9H9NO2. The maximum Gasteiger partial charge on any atom is 0.339 e. The molecule has 3 heteroatoms. The number of esters is 1. The average molecular weight is 163 g/mol. The van der Waals surface area contributed by atoms with Crippen molar-refractivity contribution in [1.82, 2.24) is 0 Å². The van der Waals surface area contributed by atoms with Crippen molar-refractivity contribution in [2.75, 3.05) is 7.11 Å². The van der Waals surface area contributed by atoms with Crippen LogP contribution < -0.4 is 0 Å². The molecule has 1 heterocycles. The highest BCUT2D eigenvalue weighted by Crippen LogP contribution is 1.97. The third-order valence-electron chi connectivity index (χ3n) is 1.30. The number of nitrogens with zero attached hydrogens (tertiary/aromatic N) is 1. The Labute approximate surface area is 70.8 Å². The van der Waals surface area contributed by atoms with Crippen LogP contribution in [0.15, 0.2) is 41.1 Å². The predicted octanol–water partition coefficient (Wildman–Crippen LogP) is 1.24. The van der Waals surface area contributed by atoms with Crippen LogP contribution in [0, 0.1) is 0 Å². The lowest BCUT2D eigenvalue weighted by atomic mass is 10.2. The van der Waals surface area contributed by atoms with Crippen LogP contribution in [0.25, 0.3) is 0 Å². The Kier molecular flexibility index (Phi) is 3.02. The molecule has 1 aliphatic heterocycles. The highest BCUT2D eigenvalue weighted by molar-refractivity contribution is 6.09. The Morgan fingerprint density at radius 2 is 2.25 bits per heavy atom. The first-order chi connectivity index (χ1) is 5.84. The second-order valence-corrected chi connectivity index (χ2v) is 2.12. The zero-order chi connectivity index (χ0) is 8.81. The van der Waals surface area contributed by atoms with E-state index in [1.165, 1.54) is 13.3 Å². The summed E-state index contributed by atoms with van der Waals surface area (Å²) in [6, 6.07) is 0. The number of hydrogen-bond acceptors (Lipinski definition) is 3. The Balaban J connectivity index is 2.82. The maximum absolute atomic E-state index is 11.0. The monoisotopic (exact) mass is 163 g/mol. The summed E-state index contributed by atoms with van der Waals surface area (Å²) >= 11 is 0. The second-order valence-electron chi connectivity index (χ2n) is 2.12. The number of hydrogen-bond donors (Lipinski definition) is 0. The van der Waals surface area contributed by atoms with Gasteiger partial charge in [0.1, 0.15) is 0 Å². The van der Waals surface area contributed by atoms with Crippen LogP contribution in [0.5, 0.6) is 0 Å². The minimum absolute atomic E-state index is 0.376. The molecule has 0 amide bonds. The lowest BCUT2D eigenvalue weighted by Gasteiger charge is -1.97. The van der Waals surface area contributed by atoms with Gasteiger partial charge in [-0.25, -0.2) is 4.79 Å². The molecule has 3 nitrogen and oxygen atoms in total. The highest BCUT2D eigenvalue weighted by atomic mass is 16.5. The molecule has 0 aromatic heterocycles. The van der Waals surface area contributed by atoms with Crippen LogP contribution in [0.3, 0.4) is 0 Å². The van der Waals surface area contributed by atoms with Crippen molar-refractivity contribution in [3.63, 3.8) is 0 Å². The van der Waals surface area contributed by atoms with Crippen LogP contribution >= 0.6 is 0 Å². The van der Waals surface area contributed by atoms with E-state index < -0.39 is 0 Å². The van der Waals surface area contributed by atoms with Gasteiger partial charge in [-0.3, -0.25) is 4.99 Å². The van der Waals surface area contributed by atoms with Crippen LogP contribution in [0.2, 0.25) is 0 Å². The van der Waals surface area contributed by atoms with E-state index >= 15 is 0 Å². The number of allylic oxidation sites excluding steroid dienone is 4. The molecule has 0 saturated heterocycles. The van der Waals surface area contributed by atoms with Crippen molar-refractivity contribution in [1.29, 1.82) is 0 Å². The molecule has 0 aromatic rings. The number of rotatable bonds is 1. The second kappa shape index (κ2) is 4.28. The quantitative estimate of drug-likeness (QED) is 0.545. The van der Waals surface area contributed by atoms with E-state index in [1.54, 1.807) is 30.5 Å². The van der Waals surface area contributed by atoms with Gasteiger partial charge in [0.25, 0.3) is 0 Å². The minimum Gasteiger partial charge on any atom is -0.465 e. The topological polar surface area (TPSA) is 38.7 Å². The molecule has 0 saturated carbocycles. The van der Waals surface area contributed by atoms with Gasteiger partial charge in [0.15, 0.2) is 0 Å². The van der Waals surface area contributed by atoms with E-state index in [9.17, 15) is 4.79 Å². The van der Waals surface area contributed by atoms with Gasteiger partial charge in [0.2, 0.25) is 0 Å². The average Bonchev–Trinajstić information content (AvgIpc) is 2.02. The lowest BCUT2D eigenvalue weighted by molar-refractivity contribution is -0.135. The summed E-state index contributed by atoms with van der Waals surface area (Å²) in [6.45, 7) is 0. The van der Waals surface area contributed by atoms with Gasteiger partial charge in [-0.1, -0.05) is 12.2 Å². The van der Waals surface area contributed by atoms with Crippen molar-refractivity contribution >= 4 is 12.2 Å². The predicted molar refractivity (Wildman–Crippen MR) is 46.9 cm³/mol. The molecule has 0 aliphatic carbocycles. The van der Waals surface area contributed by atoms with Gasteiger partial charge in [0.05, 0.1) is 12.7 Å². The number of methoxy groups -OCH3 is 1. The SMILES string of the molecule is COC(=O)C1=C/C=C\C=C/N=C\1. The molecule has 0 N–H and O–H groups in total. The summed E-state index contributed by atoms with van der Waals surface area (Å²) in [5.41, 5.74) is 0.443. The molecule has 1 rings (SSSR count). The van der Waals surface area contributed by atoms with Crippen LogP contribution in [0.4, 0.5) is 0 Å². The Bertz CT molecular complexity index is 285. The smallest absolute Gasteiger partial charge is 0.339 e. The summed E-state index contributed by atoms with van der Waals surface area (Å²) < 4.78 is 4.53. The van der Waals surface area contributed by atoms with Gasteiger partial charge in [-0.2, -0.15) is 0 Å².